The van der Waals surface area contributed by atoms with E-state index in [1.165, 1.54) is 0 Å². The Bertz CT molecular complexity index is 426. The first-order chi connectivity index (χ1) is 7.88. The molecule has 4 nitrogen and oxygen atoms in total. The molecular formula is C12H15N3O. The quantitative estimate of drug-likeness (QED) is 0.808. The summed E-state index contributed by atoms with van der Waals surface area (Å²) in [5, 5.41) is 3.27. The normalized spacial score (nSPS) is 10.1. The minimum absolute atomic E-state index is 0.682. The van der Waals surface area contributed by atoms with Gasteiger partial charge in [0.05, 0.1) is 13.2 Å². The molecule has 1 aromatic carbocycles. The van der Waals surface area contributed by atoms with E-state index in [1.54, 1.807) is 6.20 Å². The van der Waals surface area contributed by atoms with Crippen LogP contribution in [0.15, 0.2) is 36.7 Å². The van der Waals surface area contributed by atoms with Gasteiger partial charge in [-0.15, -0.1) is 0 Å². The van der Waals surface area contributed by atoms with Crippen LogP contribution in [-0.2, 0) is 6.54 Å². The van der Waals surface area contributed by atoms with E-state index in [2.05, 4.69) is 15.3 Å². The summed E-state index contributed by atoms with van der Waals surface area (Å²) in [4.78, 5) is 7.18. The van der Waals surface area contributed by atoms with Gasteiger partial charge in [0.2, 0.25) is 0 Å². The molecule has 0 bridgehead atoms. The van der Waals surface area contributed by atoms with Crippen molar-refractivity contribution >= 4 is 5.69 Å². The Morgan fingerprint density at radius 1 is 1.44 bits per heavy atom. The first-order valence-electron chi connectivity index (χ1n) is 5.33. The van der Waals surface area contributed by atoms with E-state index in [9.17, 15) is 0 Å². The fourth-order valence-corrected chi connectivity index (χ4v) is 1.44. The van der Waals surface area contributed by atoms with Gasteiger partial charge in [0.1, 0.15) is 11.6 Å². The SMILES string of the molecule is CCOc1cccc(NCc2ncc[nH]2)c1. The molecule has 0 saturated carbocycles. The van der Waals surface area contributed by atoms with E-state index >= 15 is 0 Å². The number of ether oxygens (including phenoxy) is 1. The second kappa shape index (κ2) is 5.21. The van der Waals surface area contributed by atoms with Gasteiger partial charge in [-0.25, -0.2) is 4.98 Å². The molecule has 2 rings (SSSR count). The topological polar surface area (TPSA) is 49.9 Å². The van der Waals surface area contributed by atoms with Gasteiger partial charge in [0.15, 0.2) is 0 Å². The first kappa shape index (κ1) is 10.5. The minimum Gasteiger partial charge on any atom is -0.494 e. The van der Waals surface area contributed by atoms with E-state index < -0.39 is 0 Å². The summed E-state index contributed by atoms with van der Waals surface area (Å²) in [5.74, 6) is 1.80. The third kappa shape index (κ3) is 2.76. The van der Waals surface area contributed by atoms with Crippen molar-refractivity contribution in [3.8, 4) is 5.75 Å². The Hall–Kier alpha value is -1.97. The van der Waals surface area contributed by atoms with Gasteiger partial charge in [0, 0.05) is 24.1 Å². The Morgan fingerprint density at radius 3 is 3.12 bits per heavy atom. The van der Waals surface area contributed by atoms with Crippen LogP contribution in [0.2, 0.25) is 0 Å². The molecule has 0 spiro atoms. The highest BCUT2D eigenvalue weighted by atomic mass is 16.5. The number of nitrogens with zero attached hydrogens (tertiary/aromatic N) is 1. The largest absolute Gasteiger partial charge is 0.494 e. The van der Waals surface area contributed by atoms with Crippen molar-refractivity contribution in [1.82, 2.24) is 9.97 Å². The van der Waals surface area contributed by atoms with E-state index in [0.29, 0.717) is 13.2 Å². The van der Waals surface area contributed by atoms with Crippen molar-refractivity contribution in [3.63, 3.8) is 0 Å². The number of anilines is 1. The molecular weight excluding hydrogens is 202 g/mol. The average molecular weight is 217 g/mol. The molecule has 2 aromatic rings. The van der Waals surface area contributed by atoms with E-state index in [0.717, 1.165) is 17.3 Å². The van der Waals surface area contributed by atoms with Gasteiger partial charge in [-0.1, -0.05) is 6.07 Å². The van der Waals surface area contributed by atoms with Crippen LogP contribution in [0.1, 0.15) is 12.7 Å². The summed E-state index contributed by atoms with van der Waals surface area (Å²) in [6.45, 7) is 3.34. The van der Waals surface area contributed by atoms with Crippen LogP contribution in [0.25, 0.3) is 0 Å². The van der Waals surface area contributed by atoms with Crippen molar-refractivity contribution < 1.29 is 4.74 Å². The average Bonchev–Trinajstić information content (AvgIpc) is 2.80. The van der Waals surface area contributed by atoms with Crippen LogP contribution in [-0.4, -0.2) is 16.6 Å². The molecule has 0 radical (unpaired) electrons. The summed E-state index contributed by atoms with van der Waals surface area (Å²) in [5.41, 5.74) is 1.03. The summed E-state index contributed by atoms with van der Waals surface area (Å²) in [6.07, 6.45) is 3.56. The molecule has 1 aromatic heterocycles. The van der Waals surface area contributed by atoms with Gasteiger partial charge in [-0.2, -0.15) is 0 Å². The zero-order chi connectivity index (χ0) is 11.2. The number of benzene rings is 1. The Labute approximate surface area is 94.7 Å². The number of aromatic nitrogens is 2. The van der Waals surface area contributed by atoms with Gasteiger partial charge in [-0.05, 0) is 19.1 Å². The maximum atomic E-state index is 5.42. The van der Waals surface area contributed by atoms with E-state index in [1.807, 2.05) is 37.4 Å². The number of aromatic amines is 1. The molecule has 1 heterocycles. The summed E-state index contributed by atoms with van der Waals surface area (Å²) in [7, 11) is 0. The molecule has 0 aliphatic carbocycles. The van der Waals surface area contributed by atoms with Gasteiger partial charge in [0.25, 0.3) is 0 Å². The number of H-pyrrole nitrogens is 1. The summed E-state index contributed by atoms with van der Waals surface area (Å²) in [6, 6.07) is 7.90. The van der Waals surface area contributed by atoms with Crippen molar-refractivity contribution in [2.75, 3.05) is 11.9 Å². The Kier molecular flexibility index (Phi) is 3.43. The molecule has 2 N–H and O–H groups in total. The van der Waals surface area contributed by atoms with Crippen molar-refractivity contribution in [2.24, 2.45) is 0 Å². The number of hydrogen-bond acceptors (Lipinski definition) is 3. The first-order valence-corrected chi connectivity index (χ1v) is 5.33. The zero-order valence-corrected chi connectivity index (χ0v) is 9.23. The fourth-order valence-electron chi connectivity index (χ4n) is 1.44. The lowest BCUT2D eigenvalue weighted by Gasteiger charge is -2.07. The number of hydrogen-bond donors (Lipinski definition) is 2. The number of rotatable bonds is 5. The van der Waals surface area contributed by atoms with E-state index in [4.69, 9.17) is 4.74 Å². The lowest BCUT2D eigenvalue weighted by atomic mass is 10.3. The molecule has 0 atom stereocenters. The second-order valence-corrected chi connectivity index (χ2v) is 3.35. The summed E-state index contributed by atoms with van der Waals surface area (Å²) < 4.78 is 5.42. The third-order valence-corrected chi connectivity index (χ3v) is 2.16. The van der Waals surface area contributed by atoms with Crippen LogP contribution < -0.4 is 10.1 Å². The third-order valence-electron chi connectivity index (χ3n) is 2.16. The molecule has 0 aliphatic heterocycles. The molecule has 0 fully saturated rings. The second-order valence-electron chi connectivity index (χ2n) is 3.35. The standard InChI is InChI=1S/C12H15N3O/c1-2-16-11-5-3-4-10(8-11)15-9-12-13-6-7-14-12/h3-8,15H,2,9H2,1H3,(H,13,14). The van der Waals surface area contributed by atoms with Crippen LogP contribution in [0, 0.1) is 0 Å². The fraction of sp³-hybridized carbons (Fsp3) is 0.250. The van der Waals surface area contributed by atoms with Crippen LogP contribution in [0.3, 0.4) is 0 Å². The van der Waals surface area contributed by atoms with E-state index in [-0.39, 0.29) is 0 Å². The predicted molar refractivity (Wildman–Crippen MR) is 63.5 cm³/mol. The van der Waals surface area contributed by atoms with Crippen LogP contribution in [0.4, 0.5) is 5.69 Å². The van der Waals surface area contributed by atoms with Gasteiger partial charge >= 0.3 is 0 Å². The highest BCUT2D eigenvalue weighted by Crippen LogP contribution is 2.17. The predicted octanol–water partition coefficient (Wildman–Crippen LogP) is 2.42. The minimum atomic E-state index is 0.682. The highest BCUT2D eigenvalue weighted by Gasteiger charge is 1.97. The Balaban J connectivity index is 1.96. The molecule has 0 aliphatic rings. The molecule has 0 unspecified atom stereocenters. The molecule has 0 saturated heterocycles. The van der Waals surface area contributed by atoms with Gasteiger partial charge < -0.3 is 15.0 Å². The number of imidazole rings is 1. The van der Waals surface area contributed by atoms with Gasteiger partial charge in [-0.3, -0.25) is 0 Å². The Morgan fingerprint density at radius 2 is 2.38 bits per heavy atom. The van der Waals surface area contributed by atoms with Crippen molar-refractivity contribution in [1.29, 1.82) is 0 Å². The molecule has 16 heavy (non-hydrogen) atoms. The molecule has 0 amide bonds. The molecule has 84 valence electrons. The maximum absolute atomic E-state index is 5.42. The molecule has 4 heteroatoms. The zero-order valence-electron chi connectivity index (χ0n) is 9.23. The highest BCUT2D eigenvalue weighted by molar-refractivity contribution is 5.48. The summed E-state index contributed by atoms with van der Waals surface area (Å²) >= 11 is 0. The van der Waals surface area contributed by atoms with Crippen LogP contribution in [0.5, 0.6) is 5.75 Å². The maximum Gasteiger partial charge on any atom is 0.125 e. The number of nitrogens with one attached hydrogen (secondary N) is 2. The van der Waals surface area contributed by atoms with Crippen molar-refractivity contribution in [2.45, 2.75) is 13.5 Å². The van der Waals surface area contributed by atoms with Crippen LogP contribution >= 0.6 is 0 Å². The smallest absolute Gasteiger partial charge is 0.125 e. The van der Waals surface area contributed by atoms with Crippen molar-refractivity contribution in [3.05, 3.63) is 42.5 Å². The lowest BCUT2D eigenvalue weighted by Crippen LogP contribution is -2.01. The lowest BCUT2D eigenvalue weighted by molar-refractivity contribution is 0.340. The monoisotopic (exact) mass is 217 g/mol.